The molecule has 1 unspecified atom stereocenters. The van der Waals surface area contributed by atoms with Crippen molar-refractivity contribution in [2.24, 2.45) is 5.92 Å². The minimum absolute atomic E-state index is 0.00972. The fraction of sp³-hybridized carbons (Fsp3) is 0.314. The number of amides is 1. The van der Waals surface area contributed by atoms with Gasteiger partial charge < -0.3 is 19.1 Å². The van der Waals surface area contributed by atoms with Crippen LogP contribution in [0.1, 0.15) is 42.5 Å². The third kappa shape index (κ3) is 8.99. The van der Waals surface area contributed by atoms with Crippen molar-refractivity contribution in [3.63, 3.8) is 0 Å². The molecule has 0 bridgehead atoms. The summed E-state index contributed by atoms with van der Waals surface area (Å²) < 4.78 is 58.6. The van der Waals surface area contributed by atoms with Gasteiger partial charge >= 0.3 is 18.2 Å². The lowest BCUT2D eigenvalue weighted by atomic mass is 9.85. The van der Waals surface area contributed by atoms with Crippen LogP contribution in [0.25, 0.3) is 5.57 Å². The van der Waals surface area contributed by atoms with Crippen LogP contribution in [0.4, 0.5) is 18.0 Å². The highest BCUT2D eigenvalue weighted by Crippen LogP contribution is 2.41. The van der Waals surface area contributed by atoms with E-state index in [1.165, 1.54) is 17.1 Å². The molecular weight excluding hydrogens is 571 g/mol. The number of allylic oxidation sites excluding steroid dienone is 2. The number of hydrogen-bond donors (Lipinski definition) is 0. The summed E-state index contributed by atoms with van der Waals surface area (Å²) in [5.74, 6) is -1.68. The van der Waals surface area contributed by atoms with Gasteiger partial charge in [0.2, 0.25) is 0 Å². The van der Waals surface area contributed by atoms with E-state index in [9.17, 15) is 22.8 Å². The first-order chi connectivity index (χ1) is 21.2. The second-order valence-corrected chi connectivity index (χ2v) is 10.3. The summed E-state index contributed by atoms with van der Waals surface area (Å²) in [6, 6.07) is 23.8. The minimum Gasteiger partial charge on any atom is -0.488 e. The number of halogens is 3. The maximum Gasteiger partial charge on any atom is 0.410 e. The molecule has 1 aliphatic rings. The lowest BCUT2D eigenvalue weighted by Crippen LogP contribution is -2.34. The van der Waals surface area contributed by atoms with Crippen molar-refractivity contribution in [2.75, 3.05) is 19.7 Å². The summed E-state index contributed by atoms with van der Waals surface area (Å²) in [7, 11) is 0. The Labute approximate surface area is 255 Å². The van der Waals surface area contributed by atoms with Crippen LogP contribution in [0.15, 0.2) is 96.6 Å². The number of esters is 1. The normalized spacial score (nSPS) is 14.7. The second-order valence-electron chi connectivity index (χ2n) is 10.3. The van der Waals surface area contributed by atoms with Crippen LogP contribution in [-0.2, 0) is 33.9 Å². The zero-order valence-corrected chi connectivity index (χ0v) is 24.8. The first-order valence-electron chi connectivity index (χ1n) is 14.6. The number of carbonyl (C=O) groups excluding carboxylic acids is 2. The zero-order chi connectivity index (χ0) is 31.5. The first-order valence-corrected chi connectivity index (χ1v) is 14.6. The number of ether oxygens (including phenoxy) is 3. The van der Waals surface area contributed by atoms with E-state index in [0.717, 1.165) is 11.1 Å². The van der Waals surface area contributed by atoms with Gasteiger partial charge in [-0.05, 0) is 60.2 Å². The van der Waals surface area contributed by atoms with Gasteiger partial charge in [0, 0.05) is 18.7 Å². The van der Waals surface area contributed by atoms with E-state index in [4.69, 9.17) is 14.2 Å². The Bertz CT molecular complexity index is 1470. The molecule has 0 spiro atoms. The molecule has 0 saturated heterocycles. The lowest BCUT2D eigenvalue weighted by Gasteiger charge is -2.29. The van der Waals surface area contributed by atoms with Crippen LogP contribution in [0.2, 0.25) is 0 Å². The van der Waals surface area contributed by atoms with E-state index in [2.05, 4.69) is 0 Å². The lowest BCUT2D eigenvalue weighted by molar-refractivity contribution is -0.160. The van der Waals surface area contributed by atoms with Gasteiger partial charge in [-0.1, -0.05) is 78.9 Å². The molecule has 6 nitrogen and oxygen atoms in total. The van der Waals surface area contributed by atoms with Crippen LogP contribution >= 0.6 is 0 Å². The maximum atomic E-state index is 13.9. The average Bonchev–Trinajstić information content (AvgIpc) is 3.02. The molecule has 1 atom stereocenters. The summed E-state index contributed by atoms with van der Waals surface area (Å²) in [5.41, 5.74) is 3.69. The van der Waals surface area contributed by atoms with Crippen molar-refractivity contribution < 1.29 is 37.0 Å². The molecule has 3 aromatic carbocycles. The maximum absolute atomic E-state index is 13.9. The highest BCUT2D eigenvalue weighted by atomic mass is 19.4. The van der Waals surface area contributed by atoms with Gasteiger partial charge in [-0.25, -0.2) is 4.79 Å². The summed E-state index contributed by atoms with van der Waals surface area (Å²) in [6.45, 7) is 4.07. The molecular formula is C35H36F3NO5. The summed E-state index contributed by atoms with van der Waals surface area (Å²) in [6.07, 6.45) is -2.66. The largest absolute Gasteiger partial charge is 0.488 e. The Hall–Kier alpha value is -4.53. The fourth-order valence-corrected chi connectivity index (χ4v) is 4.88. The number of rotatable bonds is 12. The molecule has 3 aromatic rings. The van der Waals surface area contributed by atoms with Crippen LogP contribution in [0.3, 0.4) is 0 Å². The van der Waals surface area contributed by atoms with Gasteiger partial charge in [-0.2, -0.15) is 13.2 Å². The number of nitrogens with zero attached hydrogens (tertiary/aromatic N) is 1. The van der Waals surface area contributed by atoms with E-state index in [1.54, 1.807) is 32.0 Å². The highest BCUT2D eigenvalue weighted by molar-refractivity contribution is 5.85. The standard InChI is InChI=1S/C35H36F3NO5/c1-3-39(34(41)44-24-26-13-9-6-10-14-26)22-28-21-29(35(36,37)38)16-17-30(28)31-19-27(20-33(40)42-4-2)15-18-32(31)43-23-25-11-7-5-8-12-25/h5-15,17-19,21,29H,3-4,16,20,22-24H2,1-2H3. The van der Waals surface area contributed by atoms with Gasteiger partial charge in [-0.3, -0.25) is 4.79 Å². The van der Waals surface area contributed by atoms with Gasteiger partial charge in [0.1, 0.15) is 19.0 Å². The van der Waals surface area contributed by atoms with Crippen molar-refractivity contribution in [1.82, 2.24) is 4.90 Å². The Morgan fingerprint density at radius 2 is 1.52 bits per heavy atom. The molecule has 9 heteroatoms. The Balaban J connectivity index is 1.66. The quantitative estimate of drug-likeness (QED) is 0.196. The van der Waals surface area contributed by atoms with Gasteiger partial charge in [0.05, 0.1) is 18.9 Å². The predicted molar refractivity (Wildman–Crippen MR) is 162 cm³/mol. The topological polar surface area (TPSA) is 65.1 Å². The average molecular weight is 608 g/mol. The monoisotopic (exact) mass is 607 g/mol. The molecule has 0 fully saturated rings. The van der Waals surface area contributed by atoms with Crippen molar-refractivity contribution in [1.29, 1.82) is 0 Å². The minimum atomic E-state index is -4.46. The SMILES string of the molecule is CCOC(=O)Cc1ccc(OCc2ccccc2)c(C2=CCC(C(F)(F)F)C=C2CN(CC)C(=O)OCc2ccccc2)c1. The van der Waals surface area contributed by atoms with Crippen molar-refractivity contribution in [2.45, 2.75) is 46.1 Å². The van der Waals surface area contributed by atoms with Gasteiger partial charge in [-0.15, -0.1) is 0 Å². The van der Waals surface area contributed by atoms with E-state index < -0.39 is 24.2 Å². The number of carbonyl (C=O) groups is 2. The molecule has 0 aliphatic heterocycles. The van der Waals surface area contributed by atoms with Gasteiger partial charge in [0.25, 0.3) is 0 Å². The number of likely N-dealkylation sites (N-methyl/N-ethyl adjacent to an activating group) is 1. The van der Waals surface area contributed by atoms with E-state index >= 15 is 0 Å². The van der Waals surface area contributed by atoms with E-state index in [-0.39, 0.29) is 45.8 Å². The molecule has 232 valence electrons. The smallest absolute Gasteiger partial charge is 0.410 e. The van der Waals surface area contributed by atoms with E-state index in [0.29, 0.717) is 28.0 Å². The molecule has 0 saturated carbocycles. The Morgan fingerprint density at radius 3 is 2.14 bits per heavy atom. The van der Waals surface area contributed by atoms with Crippen molar-refractivity contribution in [3.8, 4) is 5.75 Å². The third-order valence-corrected chi connectivity index (χ3v) is 7.18. The summed E-state index contributed by atoms with van der Waals surface area (Å²) in [4.78, 5) is 26.7. The molecule has 0 heterocycles. The summed E-state index contributed by atoms with van der Waals surface area (Å²) in [5, 5.41) is 0. The first kappa shape index (κ1) is 32.4. The Morgan fingerprint density at radius 1 is 0.864 bits per heavy atom. The number of hydrogen-bond acceptors (Lipinski definition) is 5. The van der Waals surface area contributed by atoms with Crippen molar-refractivity contribution in [3.05, 3.63) is 119 Å². The summed E-state index contributed by atoms with van der Waals surface area (Å²) >= 11 is 0. The Kier molecular flexibility index (Phi) is 11.2. The van der Waals surface area contributed by atoms with Gasteiger partial charge in [0.15, 0.2) is 0 Å². The second kappa shape index (κ2) is 15.3. The molecule has 0 aromatic heterocycles. The molecule has 0 radical (unpaired) electrons. The number of alkyl halides is 3. The number of benzene rings is 3. The molecule has 44 heavy (non-hydrogen) atoms. The molecule has 1 amide bonds. The van der Waals surface area contributed by atoms with Crippen LogP contribution < -0.4 is 4.74 Å². The van der Waals surface area contributed by atoms with Crippen LogP contribution in [0, 0.1) is 5.92 Å². The predicted octanol–water partition coefficient (Wildman–Crippen LogP) is 7.92. The molecule has 0 N–H and O–H groups in total. The fourth-order valence-electron chi connectivity index (χ4n) is 4.88. The van der Waals surface area contributed by atoms with Crippen molar-refractivity contribution >= 4 is 17.6 Å². The molecule has 1 aliphatic carbocycles. The molecule has 4 rings (SSSR count). The zero-order valence-electron chi connectivity index (χ0n) is 24.8. The highest BCUT2D eigenvalue weighted by Gasteiger charge is 2.40. The third-order valence-electron chi connectivity index (χ3n) is 7.18. The van der Waals surface area contributed by atoms with E-state index in [1.807, 2.05) is 60.7 Å². The van der Waals surface area contributed by atoms with Crippen LogP contribution in [-0.4, -0.2) is 42.8 Å². The van der Waals surface area contributed by atoms with Crippen LogP contribution in [0.5, 0.6) is 5.75 Å².